The number of aromatic nitrogens is 1. The standard InChI is InChI=1S/C17H24N4O2/c1-13(22)21-10-4-7-16(21)15-6-3-9-20(15)12-17(23)19-14-5-2-8-18-11-14/h2,5,8,11,15-16H,3-4,6-7,9-10,12H2,1H3,(H,19,23)/t15-,16-/m0/s1. The second-order valence-electron chi connectivity index (χ2n) is 6.39. The van der Waals surface area contributed by atoms with Crippen LogP contribution >= 0.6 is 0 Å². The molecule has 3 heterocycles. The van der Waals surface area contributed by atoms with Crippen molar-refractivity contribution in [1.82, 2.24) is 14.8 Å². The molecule has 0 radical (unpaired) electrons. The molecule has 0 spiro atoms. The predicted octanol–water partition coefficient (Wildman–Crippen LogP) is 1.50. The zero-order chi connectivity index (χ0) is 16.2. The van der Waals surface area contributed by atoms with Gasteiger partial charge in [0, 0.05) is 31.7 Å². The number of carbonyl (C=O) groups excluding carboxylic acids is 2. The molecule has 1 aromatic heterocycles. The molecule has 2 fully saturated rings. The normalized spacial score (nSPS) is 24.8. The summed E-state index contributed by atoms with van der Waals surface area (Å²) in [6, 6.07) is 4.21. The number of pyridine rings is 1. The Kier molecular flexibility index (Phi) is 4.91. The van der Waals surface area contributed by atoms with Gasteiger partial charge in [0.15, 0.2) is 0 Å². The molecule has 1 aromatic rings. The molecule has 2 aliphatic heterocycles. The number of rotatable bonds is 4. The molecular formula is C17H24N4O2. The maximum absolute atomic E-state index is 12.3. The molecule has 0 unspecified atom stereocenters. The Balaban J connectivity index is 1.60. The van der Waals surface area contributed by atoms with Gasteiger partial charge in [0.1, 0.15) is 0 Å². The smallest absolute Gasteiger partial charge is 0.238 e. The van der Waals surface area contributed by atoms with Crippen LogP contribution in [0.15, 0.2) is 24.5 Å². The number of amides is 2. The predicted molar refractivity (Wildman–Crippen MR) is 87.9 cm³/mol. The highest BCUT2D eigenvalue weighted by Gasteiger charge is 2.39. The highest BCUT2D eigenvalue weighted by molar-refractivity contribution is 5.92. The summed E-state index contributed by atoms with van der Waals surface area (Å²) in [6.45, 7) is 3.80. The quantitative estimate of drug-likeness (QED) is 0.914. The molecule has 1 N–H and O–H groups in total. The van der Waals surface area contributed by atoms with Crippen LogP contribution in [-0.2, 0) is 9.59 Å². The van der Waals surface area contributed by atoms with Crippen LogP contribution in [0, 0.1) is 0 Å². The van der Waals surface area contributed by atoms with Crippen LogP contribution in [0.2, 0.25) is 0 Å². The van der Waals surface area contributed by atoms with Gasteiger partial charge in [-0.3, -0.25) is 19.5 Å². The molecular weight excluding hydrogens is 292 g/mol. The van der Waals surface area contributed by atoms with Crippen molar-refractivity contribution in [1.29, 1.82) is 0 Å². The SMILES string of the molecule is CC(=O)N1CCC[C@H]1[C@@H]1CCCN1CC(=O)Nc1cccnc1. The third-order valence-electron chi connectivity index (χ3n) is 4.85. The van der Waals surface area contributed by atoms with Crippen LogP contribution in [0.25, 0.3) is 0 Å². The van der Waals surface area contributed by atoms with Crippen molar-refractivity contribution in [3.63, 3.8) is 0 Å². The van der Waals surface area contributed by atoms with Gasteiger partial charge >= 0.3 is 0 Å². The Morgan fingerprint density at radius 1 is 1.26 bits per heavy atom. The number of nitrogens with one attached hydrogen (secondary N) is 1. The molecule has 2 atom stereocenters. The molecule has 0 bridgehead atoms. The average molecular weight is 316 g/mol. The molecule has 0 aliphatic carbocycles. The summed E-state index contributed by atoms with van der Waals surface area (Å²) in [5.74, 6) is 0.136. The molecule has 124 valence electrons. The van der Waals surface area contributed by atoms with E-state index < -0.39 is 0 Å². The lowest BCUT2D eigenvalue weighted by molar-refractivity contribution is -0.130. The Hall–Kier alpha value is -1.95. The number of hydrogen-bond acceptors (Lipinski definition) is 4. The second kappa shape index (κ2) is 7.08. The van der Waals surface area contributed by atoms with Crippen molar-refractivity contribution in [3.05, 3.63) is 24.5 Å². The highest BCUT2D eigenvalue weighted by Crippen LogP contribution is 2.29. The first-order chi connectivity index (χ1) is 11.1. The van der Waals surface area contributed by atoms with Gasteiger partial charge in [-0.15, -0.1) is 0 Å². The van der Waals surface area contributed by atoms with E-state index in [-0.39, 0.29) is 17.9 Å². The van der Waals surface area contributed by atoms with Gasteiger partial charge < -0.3 is 10.2 Å². The number of carbonyl (C=O) groups is 2. The summed E-state index contributed by atoms with van der Waals surface area (Å²) in [7, 11) is 0. The summed E-state index contributed by atoms with van der Waals surface area (Å²) < 4.78 is 0. The van der Waals surface area contributed by atoms with Crippen LogP contribution in [0.1, 0.15) is 32.6 Å². The molecule has 0 aromatic carbocycles. The van der Waals surface area contributed by atoms with E-state index in [1.165, 1.54) is 0 Å². The fourth-order valence-corrected chi connectivity index (χ4v) is 3.89. The van der Waals surface area contributed by atoms with Crippen LogP contribution in [0.4, 0.5) is 5.69 Å². The maximum atomic E-state index is 12.3. The maximum Gasteiger partial charge on any atom is 0.238 e. The van der Waals surface area contributed by atoms with Crippen LogP contribution in [-0.4, -0.2) is 58.3 Å². The van der Waals surface area contributed by atoms with Crippen molar-refractivity contribution in [2.24, 2.45) is 0 Å². The van der Waals surface area contributed by atoms with E-state index >= 15 is 0 Å². The summed E-state index contributed by atoms with van der Waals surface area (Å²) in [6.07, 6.45) is 7.60. The summed E-state index contributed by atoms with van der Waals surface area (Å²) >= 11 is 0. The van der Waals surface area contributed by atoms with Gasteiger partial charge in [-0.1, -0.05) is 0 Å². The topological polar surface area (TPSA) is 65.5 Å². The molecule has 2 aliphatic rings. The minimum absolute atomic E-state index is 0.0164. The number of likely N-dealkylation sites (tertiary alicyclic amines) is 2. The van der Waals surface area contributed by atoms with Crippen molar-refractivity contribution in [2.45, 2.75) is 44.7 Å². The van der Waals surface area contributed by atoms with E-state index in [0.717, 1.165) is 44.5 Å². The Morgan fingerprint density at radius 3 is 2.78 bits per heavy atom. The van der Waals surface area contributed by atoms with E-state index in [1.807, 2.05) is 11.0 Å². The number of nitrogens with zero attached hydrogens (tertiary/aromatic N) is 3. The van der Waals surface area contributed by atoms with Gasteiger partial charge in [-0.25, -0.2) is 0 Å². The fraction of sp³-hybridized carbons (Fsp3) is 0.588. The van der Waals surface area contributed by atoms with Crippen molar-refractivity contribution in [3.8, 4) is 0 Å². The van der Waals surface area contributed by atoms with E-state index in [9.17, 15) is 9.59 Å². The summed E-state index contributed by atoms with van der Waals surface area (Å²) in [4.78, 5) is 32.3. The first-order valence-corrected chi connectivity index (χ1v) is 8.36. The molecule has 2 amide bonds. The van der Waals surface area contributed by atoms with Crippen LogP contribution < -0.4 is 5.32 Å². The minimum atomic E-state index is -0.0164. The molecule has 6 heteroatoms. The second-order valence-corrected chi connectivity index (χ2v) is 6.39. The van der Waals surface area contributed by atoms with Crippen molar-refractivity contribution in [2.75, 3.05) is 25.0 Å². The average Bonchev–Trinajstić information content (AvgIpc) is 3.16. The number of hydrogen-bond donors (Lipinski definition) is 1. The van der Waals surface area contributed by atoms with Gasteiger partial charge in [0.05, 0.1) is 18.4 Å². The fourth-order valence-electron chi connectivity index (χ4n) is 3.89. The minimum Gasteiger partial charge on any atom is -0.338 e. The summed E-state index contributed by atoms with van der Waals surface area (Å²) in [5, 5.41) is 2.89. The van der Waals surface area contributed by atoms with Crippen LogP contribution in [0.3, 0.4) is 0 Å². The summed E-state index contributed by atoms with van der Waals surface area (Å²) in [5.41, 5.74) is 0.722. The number of anilines is 1. The lowest BCUT2D eigenvalue weighted by Crippen LogP contribution is -2.49. The van der Waals surface area contributed by atoms with E-state index in [1.54, 1.807) is 25.4 Å². The zero-order valence-corrected chi connectivity index (χ0v) is 13.6. The third kappa shape index (κ3) is 3.69. The van der Waals surface area contributed by atoms with Gasteiger partial charge in [0.25, 0.3) is 0 Å². The molecule has 2 saturated heterocycles. The van der Waals surface area contributed by atoms with Gasteiger partial charge in [0.2, 0.25) is 11.8 Å². The first kappa shape index (κ1) is 15.9. The molecule has 6 nitrogen and oxygen atoms in total. The molecule has 23 heavy (non-hydrogen) atoms. The Morgan fingerprint density at radius 2 is 2.04 bits per heavy atom. The monoisotopic (exact) mass is 316 g/mol. The van der Waals surface area contributed by atoms with Crippen molar-refractivity contribution >= 4 is 17.5 Å². The van der Waals surface area contributed by atoms with Gasteiger partial charge in [-0.05, 0) is 44.4 Å². The zero-order valence-electron chi connectivity index (χ0n) is 13.6. The van der Waals surface area contributed by atoms with Crippen LogP contribution in [0.5, 0.6) is 0 Å². The van der Waals surface area contributed by atoms with Gasteiger partial charge in [-0.2, -0.15) is 0 Å². The molecule has 0 saturated carbocycles. The highest BCUT2D eigenvalue weighted by atomic mass is 16.2. The largest absolute Gasteiger partial charge is 0.338 e. The van der Waals surface area contributed by atoms with E-state index in [2.05, 4.69) is 15.2 Å². The van der Waals surface area contributed by atoms with E-state index in [4.69, 9.17) is 0 Å². The Labute approximate surface area is 136 Å². The third-order valence-corrected chi connectivity index (χ3v) is 4.85. The Bertz CT molecular complexity index is 563. The lowest BCUT2D eigenvalue weighted by Gasteiger charge is -2.34. The van der Waals surface area contributed by atoms with Crippen molar-refractivity contribution < 1.29 is 9.59 Å². The van der Waals surface area contributed by atoms with E-state index in [0.29, 0.717) is 12.6 Å². The lowest BCUT2D eigenvalue weighted by atomic mass is 10.0. The first-order valence-electron chi connectivity index (χ1n) is 8.36. The molecule has 3 rings (SSSR count).